The Labute approximate surface area is 104 Å². The van der Waals surface area contributed by atoms with Crippen molar-refractivity contribution in [2.24, 2.45) is 16.2 Å². The van der Waals surface area contributed by atoms with Crippen LogP contribution in [0.2, 0.25) is 0 Å². The molecular formula is C11H17BrO3S. The molecule has 2 fully saturated rings. The Kier molecular flexibility index (Phi) is 2.44. The molecule has 0 aromatic carbocycles. The largest absolute Gasteiger partial charge is 0.299 e. The fourth-order valence-electron chi connectivity index (χ4n) is 3.64. The van der Waals surface area contributed by atoms with E-state index in [1.54, 1.807) is 0 Å². The van der Waals surface area contributed by atoms with Crippen LogP contribution in [-0.4, -0.2) is 20.0 Å². The molecule has 0 amide bonds. The first-order chi connectivity index (χ1) is 7.04. The van der Waals surface area contributed by atoms with Gasteiger partial charge in [0, 0.05) is 11.8 Å². The lowest BCUT2D eigenvalue weighted by Crippen LogP contribution is -2.42. The van der Waals surface area contributed by atoms with E-state index in [1.165, 1.54) is 0 Å². The zero-order valence-electron chi connectivity index (χ0n) is 9.84. The summed E-state index contributed by atoms with van der Waals surface area (Å²) in [7, 11) is -3.29. The molecule has 92 valence electrons. The van der Waals surface area contributed by atoms with Crippen LogP contribution in [0, 0.1) is 16.2 Å². The molecule has 2 atom stereocenters. The van der Waals surface area contributed by atoms with Crippen LogP contribution >= 0.6 is 14.8 Å². The first-order valence-electron chi connectivity index (χ1n) is 5.50. The van der Waals surface area contributed by atoms with Crippen LogP contribution in [0.25, 0.3) is 0 Å². The summed E-state index contributed by atoms with van der Waals surface area (Å²) in [6, 6.07) is 0. The molecule has 2 aliphatic rings. The lowest BCUT2D eigenvalue weighted by molar-refractivity contribution is -0.128. The molecule has 2 aliphatic carbocycles. The molecule has 2 rings (SSSR count). The van der Waals surface area contributed by atoms with Gasteiger partial charge in [0.15, 0.2) is 0 Å². The van der Waals surface area contributed by atoms with E-state index >= 15 is 0 Å². The first kappa shape index (κ1) is 12.6. The molecule has 16 heavy (non-hydrogen) atoms. The van der Waals surface area contributed by atoms with Gasteiger partial charge in [0.1, 0.15) is 5.78 Å². The van der Waals surface area contributed by atoms with E-state index in [2.05, 4.69) is 21.7 Å². The highest BCUT2D eigenvalue weighted by atomic mass is 79.9. The summed E-state index contributed by atoms with van der Waals surface area (Å²) in [5.74, 6) is 0.0794. The van der Waals surface area contributed by atoms with Crippen molar-refractivity contribution in [3.05, 3.63) is 0 Å². The summed E-state index contributed by atoms with van der Waals surface area (Å²) in [5, 5.41) is 0. The summed E-state index contributed by atoms with van der Waals surface area (Å²) >= 11 is 2.70. The third-order valence-corrected chi connectivity index (χ3v) is 6.84. The van der Waals surface area contributed by atoms with Gasteiger partial charge in [0.25, 0.3) is 0 Å². The molecule has 0 saturated heterocycles. The van der Waals surface area contributed by atoms with Crippen molar-refractivity contribution < 1.29 is 13.2 Å². The summed E-state index contributed by atoms with van der Waals surface area (Å²) in [6.07, 6.45) is 2.19. The van der Waals surface area contributed by atoms with Crippen LogP contribution in [0.15, 0.2) is 0 Å². The normalized spacial score (nSPS) is 41.6. The Morgan fingerprint density at radius 2 is 1.81 bits per heavy atom. The maximum Gasteiger partial charge on any atom is 0.210 e. The molecule has 2 bridgehead atoms. The van der Waals surface area contributed by atoms with Gasteiger partial charge in [-0.1, -0.05) is 20.8 Å². The Balaban J connectivity index is 2.52. The van der Waals surface area contributed by atoms with Crippen molar-refractivity contribution in [2.75, 3.05) is 5.75 Å². The Bertz CT molecular complexity index is 454. The quantitative estimate of drug-likeness (QED) is 0.736. The van der Waals surface area contributed by atoms with E-state index in [0.29, 0.717) is 12.8 Å². The lowest BCUT2D eigenvalue weighted by Gasteiger charge is -2.39. The fraction of sp³-hybridized carbons (Fsp3) is 0.909. The minimum atomic E-state index is -3.29. The first-order valence-corrected chi connectivity index (χ1v) is 8.99. The topological polar surface area (TPSA) is 51.2 Å². The summed E-state index contributed by atoms with van der Waals surface area (Å²) < 4.78 is 22.9. The Hall–Kier alpha value is 0.1000. The van der Waals surface area contributed by atoms with E-state index in [1.807, 2.05) is 13.8 Å². The number of rotatable bonds is 2. The third kappa shape index (κ3) is 1.37. The number of Topliss-reactive ketones (excluding diaryl/α,β-unsaturated/α-hetero) is 1. The number of hydrogen-bond acceptors (Lipinski definition) is 3. The molecule has 5 heteroatoms. The highest BCUT2D eigenvalue weighted by Crippen LogP contribution is 2.70. The standard InChI is InChI=1S/C11H17BrO3S/c1-9(2)10(3)4-5-11(9,8(13)6-10)7-16(12,14)15/h4-7H2,1-3H3/t10-,11-/m0/s1. The zero-order valence-corrected chi connectivity index (χ0v) is 12.2. The molecule has 0 aromatic rings. The predicted molar refractivity (Wildman–Crippen MR) is 65.9 cm³/mol. The molecule has 3 nitrogen and oxygen atoms in total. The number of carbonyl (C=O) groups is 1. The number of hydrogen-bond donors (Lipinski definition) is 0. The highest BCUT2D eigenvalue weighted by Gasteiger charge is 2.70. The van der Waals surface area contributed by atoms with E-state index < -0.39 is 13.7 Å². The van der Waals surface area contributed by atoms with Crippen molar-refractivity contribution in [2.45, 2.75) is 40.0 Å². The van der Waals surface area contributed by atoms with Gasteiger partial charge >= 0.3 is 0 Å². The van der Waals surface area contributed by atoms with Gasteiger partial charge in [-0.2, -0.15) is 0 Å². The third-order valence-electron chi connectivity index (χ3n) is 5.31. The fourth-order valence-corrected chi connectivity index (χ4v) is 6.07. The molecule has 2 saturated carbocycles. The van der Waals surface area contributed by atoms with E-state index in [-0.39, 0.29) is 22.4 Å². The van der Waals surface area contributed by atoms with Gasteiger partial charge in [-0.05, 0) is 23.7 Å². The van der Waals surface area contributed by atoms with Gasteiger partial charge in [0.05, 0.1) is 20.6 Å². The average Bonchev–Trinajstić information content (AvgIpc) is 2.30. The number of fused-ring (bicyclic) bond motifs is 2. The minimum Gasteiger partial charge on any atom is -0.299 e. The van der Waals surface area contributed by atoms with Crippen molar-refractivity contribution in [3.63, 3.8) is 0 Å². The summed E-state index contributed by atoms with van der Waals surface area (Å²) in [6.45, 7) is 6.20. The molecular weight excluding hydrogens is 292 g/mol. The van der Waals surface area contributed by atoms with Crippen LogP contribution in [0.5, 0.6) is 0 Å². The second-order valence-corrected chi connectivity index (χ2v) is 10.4. The Morgan fingerprint density at radius 1 is 1.25 bits per heavy atom. The smallest absolute Gasteiger partial charge is 0.210 e. The van der Waals surface area contributed by atoms with Crippen LogP contribution in [0.1, 0.15) is 40.0 Å². The molecule has 0 spiro atoms. The summed E-state index contributed by atoms with van der Waals surface area (Å²) in [5.41, 5.74) is -0.913. The van der Waals surface area contributed by atoms with E-state index in [4.69, 9.17) is 0 Å². The Morgan fingerprint density at radius 3 is 2.12 bits per heavy atom. The lowest BCUT2D eigenvalue weighted by atomic mass is 9.66. The molecule has 0 N–H and O–H groups in total. The van der Waals surface area contributed by atoms with Gasteiger partial charge < -0.3 is 0 Å². The van der Waals surface area contributed by atoms with Crippen molar-refractivity contribution in [1.82, 2.24) is 0 Å². The number of halogens is 1. The van der Waals surface area contributed by atoms with E-state index in [0.717, 1.165) is 6.42 Å². The molecule has 0 heterocycles. The van der Waals surface area contributed by atoms with Gasteiger partial charge in [0.2, 0.25) is 8.27 Å². The van der Waals surface area contributed by atoms with Gasteiger partial charge in [-0.15, -0.1) is 0 Å². The number of carbonyl (C=O) groups excluding carboxylic acids is 1. The molecule has 0 unspecified atom stereocenters. The SMILES string of the molecule is CC1(C)[C@@]2(C)CC[C@]1(CS(=O)(=O)Br)C(=O)C2. The van der Waals surface area contributed by atoms with Crippen molar-refractivity contribution >= 4 is 28.9 Å². The van der Waals surface area contributed by atoms with Crippen LogP contribution in [0.4, 0.5) is 0 Å². The molecule has 0 aromatic heterocycles. The van der Waals surface area contributed by atoms with Crippen LogP contribution in [-0.2, 0) is 13.1 Å². The van der Waals surface area contributed by atoms with Gasteiger partial charge in [-0.25, -0.2) is 8.42 Å². The minimum absolute atomic E-state index is 0.0260. The molecule has 0 radical (unpaired) electrons. The van der Waals surface area contributed by atoms with Gasteiger partial charge in [-0.3, -0.25) is 4.79 Å². The summed E-state index contributed by atoms with van der Waals surface area (Å²) in [4.78, 5) is 12.2. The number of ketones is 1. The molecule has 0 aliphatic heterocycles. The van der Waals surface area contributed by atoms with E-state index in [9.17, 15) is 13.2 Å². The zero-order chi connectivity index (χ0) is 12.4. The highest BCUT2D eigenvalue weighted by molar-refractivity contribution is 9.47. The average molecular weight is 309 g/mol. The van der Waals surface area contributed by atoms with Crippen LogP contribution in [0.3, 0.4) is 0 Å². The van der Waals surface area contributed by atoms with Crippen molar-refractivity contribution in [1.29, 1.82) is 0 Å². The maximum atomic E-state index is 12.2. The second-order valence-electron chi connectivity index (χ2n) is 6.05. The second kappa shape index (κ2) is 3.10. The maximum absolute atomic E-state index is 12.2. The van der Waals surface area contributed by atoms with Crippen molar-refractivity contribution in [3.8, 4) is 0 Å². The van der Waals surface area contributed by atoms with Crippen LogP contribution < -0.4 is 0 Å². The predicted octanol–water partition coefficient (Wildman–Crippen LogP) is 2.50. The monoisotopic (exact) mass is 308 g/mol.